The van der Waals surface area contributed by atoms with Gasteiger partial charge in [0.1, 0.15) is 6.61 Å². The van der Waals surface area contributed by atoms with Gasteiger partial charge in [0.15, 0.2) is 6.61 Å². The van der Waals surface area contributed by atoms with Crippen LogP contribution in [0.2, 0.25) is 0 Å². The summed E-state index contributed by atoms with van der Waals surface area (Å²) in [7, 11) is -3.91. The van der Waals surface area contributed by atoms with Crippen molar-refractivity contribution in [2.75, 3.05) is 13.2 Å². The van der Waals surface area contributed by atoms with Gasteiger partial charge in [-0.25, -0.2) is 4.79 Å². The zero-order chi connectivity index (χ0) is 12.7. The molecule has 0 N–H and O–H groups in total. The maximum absolute atomic E-state index is 11.6. The highest BCUT2D eigenvalue weighted by atomic mass is 32.2. The van der Waals surface area contributed by atoms with Gasteiger partial charge in [-0.1, -0.05) is 30.9 Å². The lowest BCUT2D eigenvalue weighted by Crippen LogP contribution is -2.16. The van der Waals surface area contributed by atoms with Crippen LogP contribution in [0, 0.1) is 0 Å². The molecule has 0 aliphatic heterocycles. The van der Waals surface area contributed by atoms with Crippen molar-refractivity contribution in [1.82, 2.24) is 0 Å². The summed E-state index contributed by atoms with van der Waals surface area (Å²) in [6.07, 6.45) is 1.38. The van der Waals surface area contributed by atoms with Crippen LogP contribution in [0.4, 0.5) is 0 Å². The predicted molar refractivity (Wildman–Crippen MR) is 60.7 cm³/mol. The summed E-state index contributed by atoms with van der Waals surface area (Å²) in [4.78, 5) is 11.0. The number of hydrogen-bond acceptors (Lipinski definition) is 5. The Balaban J connectivity index is 2.57. The van der Waals surface area contributed by atoms with Crippen molar-refractivity contribution in [2.24, 2.45) is 0 Å². The summed E-state index contributed by atoms with van der Waals surface area (Å²) in [5.74, 6) is -0.760. The van der Waals surface area contributed by atoms with E-state index in [1.54, 1.807) is 18.2 Å². The van der Waals surface area contributed by atoms with Crippen molar-refractivity contribution in [1.29, 1.82) is 0 Å². The van der Waals surface area contributed by atoms with E-state index in [-0.39, 0.29) is 11.5 Å². The van der Waals surface area contributed by atoms with Gasteiger partial charge in [0.2, 0.25) is 0 Å². The molecule has 1 rings (SSSR count). The molecular weight excluding hydrogens is 244 g/mol. The number of esters is 1. The Labute approximate surface area is 99.8 Å². The minimum absolute atomic E-state index is 0.00322. The Morgan fingerprint density at radius 3 is 2.53 bits per heavy atom. The lowest BCUT2D eigenvalue weighted by Gasteiger charge is -2.04. The molecule has 0 unspecified atom stereocenters. The summed E-state index contributed by atoms with van der Waals surface area (Å²) in [6, 6.07) is 7.56. The summed E-state index contributed by atoms with van der Waals surface area (Å²) < 4.78 is 32.2. The maximum Gasteiger partial charge on any atom is 0.333 e. The fourth-order valence-corrected chi connectivity index (χ4v) is 1.85. The number of ether oxygens (including phenoxy) is 1. The lowest BCUT2D eigenvalue weighted by molar-refractivity contribution is -0.144. The topological polar surface area (TPSA) is 69.7 Å². The molecule has 6 heteroatoms. The van der Waals surface area contributed by atoms with Gasteiger partial charge in [0, 0.05) is 0 Å². The van der Waals surface area contributed by atoms with E-state index in [2.05, 4.69) is 15.5 Å². The largest absolute Gasteiger partial charge is 0.460 e. The van der Waals surface area contributed by atoms with Crippen molar-refractivity contribution in [2.45, 2.75) is 4.90 Å². The average Bonchev–Trinajstić information content (AvgIpc) is 2.35. The van der Waals surface area contributed by atoms with E-state index in [0.717, 1.165) is 0 Å². The second-order valence-corrected chi connectivity index (χ2v) is 4.62. The Hall–Kier alpha value is -1.66. The zero-order valence-corrected chi connectivity index (χ0v) is 9.85. The monoisotopic (exact) mass is 256 g/mol. The molecule has 0 aromatic heterocycles. The quantitative estimate of drug-likeness (QED) is 0.433. The highest BCUT2D eigenvalue weighted by molar-refractivity contribution is 7.86. The van der Waals surface area contributed by atoms with Crippen LogP contribution >= 0.6 is 0 Å². The molecule has 0 saturated carbocycles. The minimum atomic E-state index is -3.91. The van der Waals surface area contributed by atoms with Crippen LogP contribution in [-0.2, 0) is 23.8 Å². The first kappa shape index (κ1) is 13.4. The fourth-order valence-electron chi connectivity index (χ4n) is 0.974. The van der Waals surface area contributed by atoms with Crippen molar-refractivity contribution < 1.29 is 22.1 Å². The van der Waals surface area contributed by atoms with Crippen LogP contribution in [0.1, 0.15) is 0 Å². The van der Waals surface area contributed by atoms with E-state index in [1.165, 1.54) is 18.2 Å². The molecular formula is C11H12O5S. The van der Waals surface area contributed by atoms with Gasteiger partial charge < -0.3 is 4.74 Å². The van der Waals surface area contributed by atoms with E-state index in [0.29, 0.717) is 0 Å². The molecule has 0 spiro atoms. The van der Waals surface area contributed by atoms with E-state index in [1.807, 2.05) is 0 Å². The first-order valence-electron chi connectivity index (χ1n) is 4.77. The molecule has 1 aromatic rings. The molecule has 0 amide bonds. The van der Waals surface area contributed by atoms with Crippen molar-refractivity contribution in [3.05, 3.63) is 43.0 Å². The first-order valence-corrected chi connectivity index (χ1v) is 6.18. The molecule has 0 atom stereocenters. The summed E-state index contributed by atoms with van der Waals surface area (Å²) in [5, 5.41) is 0. The first-order chi connectivity index (χ1) is 8.06. The van der Waals surface area contributed by atoms with Crippen molar-refractivity contribution >= 4 is 16.1 Å². The Bertz CT molecular complexity index is 478. The van der Waals surface area contributed by atoms with Crippen LogP contribution in [-0.4, -0.2) is 27.6 Å². The second-order valence-electron chi connectivity index (χ2n) is 3.00. The molecule has 0 fully saturated rings. The van der Waals surface area contributed by atoms with Gasteiger partial charge >= 0.3 is 5.97 Å². The van der Waals surface area contributed by atoms with E-state index < -0.39 is 22.7 Å². The van der Waals surface area contributed by atoms with Gasteiger partial charge in [0.25, 0.3) is 10.1 Å². The Kier molecular flexibility index (Phi) is 4.86. The summed E-state index contributed by atoms with van der Waals surface area (Å²) in [5.41, 5.74) is 0. The van der Waals surface area contributed by atoms with Crippen LogP contribution in [0.25, 0.3) is 0 Å². The number of rotatable bonds is 6. The lowest BCUT2D eigenvalue weighted by atomic mass is 10.4. The average molecular weight is 256 g/mol. The number of carbonyl (C=O) groups excluding carboxylic acids is 1. The second kappa shape index (κ2) is 6.17. The van der Waals surface area contributed by atoms with Gasteiger partial charge in [-0.2, -0.15) is 8.42 Å². The fraction of sp³-hybridized carbons (Fsp3) is 0.182. The molecule has 0 aliphatic carbocycles. The van der Waals surface area contributed by atoms with Gasteiger partial charge in [0.05, 0.1) is 4.90 Å². The van der Waals surface area contributed by atoms with Crippen LogP contribution in [0.3, 0.4) is 0 Å². The summed E-state index contributed by atoms with van der Waals surface area (Å²) >= 11 is 0. The van der Waals surface area contributed by atoms with E-state index in [9.17, 15) is 13.2 Å². The predicted octanol–water partition coefficient (Wildman–Crippen LogP) is 1.12. The van der Waals surface area contributed by atoms with Gasteiger partial charge in [-0.05, 0) is 12.1 Å². The Morgan fingerprint density at radius 2 is 1.94 bits per heavy atom. The SMILES string of the molecule is C=CCOC(=O)COS(=O)(=O)c1ccccc1. The normalized spacial score (nSPS) is 10.8. The van der Waals surface area contributed by atoms with Crippen LogP contribution in [0.5, 0.6) is 0 Å². The van der Waals surface area contributed by atoms with Crippen molar-refractivity contribution in [3.8, 4) is 0 Å². The maximum atomic E-state index is 11.6. The minimum Gasteiger partial charge on any atom is -0.460 e. The van der Waals surface area contributed by atoms with Crippen molar-refractivity contribution in [3.63, 3.8) is 0 Å². The third-order valence-electron chi connectivity index (χ3n) is 1.73. The molecule has 5 nitrogen and oxygen atoms in total. The van der Waals surface area contributed by atoms with Crippen LogP contribution in [0.15, 0.2) is 47.9 Å². The number of benzene rings is 1. The molecule has 17 heavy (non-hydrogen) atoms. The van der Waals surface area contributed by atoms with Crippen LogP contribution < -0.4 is 0 Å². The Morgan fingerprint density at radius 1 is 1.29 bits per heavy atom. The molecule has 0 bridgehead atoms. The standard InChI is InChI=1S/C11H12O5S/c1-2-8-15-11(12)9-16-17(13,14)10-6-4-3-5-7-10/h2-7H,1,8-9H2. The smallest absolute Gasteiger partial charge is 0.333 e. The van der Waals surface area contributed by atoms with Gasteiger partial charge in [-0.3, -0.25) is 4.18 Å². The molecule has 92 valence electrons. The third kappa shape index (κ3) is 4.38. The molecule has 0 radical (unpaired) electrons. The summed E-state index contributed by atoms with van der Waals surface area (Å²) in [6.45, 7) is 2.73. The molecule has 0 saturated heterocycles. The van der Waals surface area contributed by atoms with E-state index in [4.69, 9.17) is 0 Å². The highest BCUT2D eigenvalue weighted by Crippen LogP contribution is 2.10. The number of hydrogen-bond donors (Lipinski definition) is 0. The zero-order valence-electron chi connectivity index (χ0n) is 9.03. The molecule has 1 aromatic carbocycles. The van der Waals surface area contributed by atoms with E-state index >= 15 is 0 Å². The third-order valence-corrected chi connectivity index (χ3v) is 3.00. The molecule has 0 heterocycles. The molecule has 0 aliphatic rings. The van der Waals surface area contributed by atoms with Gasteiger partial charge in [-0.15, -0.1) is 0 Å². The highest BCUT2D eigenvalue weighted by Gasteiger charge is 2.16. The number of carbonyl (C=O) groups is 1.